The number of aliphatic imine (C=N–C) groups is 2. The second-order valence-corrected chi connectivity index (χ2v) is 20.8. The summed E-state index contributed by atoms with van der Waals surface area (Å²) < 4.78 is 11.0. The van der Waals surface area contributed by atoms with Crippen LogP contribution in [0.2, 0.25) is 0 Å². The first-order chi connectivity index (χ1) is 37.1. The zero-order chi connectivity index (χ0) is 60.1. The van der Waals surface area contributed by atoms with Gasteiger partial charge in [-0.25, -0.2) is 4.99 Å². The molecule has 434 valence electrons. The fourth-order valence-corrected chi connectivity index (χ4v) is 8.13. The maximum atomic E-state index is 11.6. The van der Waals surface area contributed by atoms with Crippen LogP contribution in [0, 0.1) is 29.6 Å². The van der Waals surface area contributed by atoms with Crippen molar-refractivity contribution in [3.8, 4) is 0 Å². The average Bonchev–Trinajstić information content (AvgIpc) is 3.37. The lowest BCUT2D eigenvalue weighted by molar-refractivity contribution is -0.144. The summed E-state index contributed by atoms with van der Waals surface area (Å²) in [4.78, 5) is 69.1. The van der Waals surface area contributed by atoms with E-state index in [1.807, 2.05) is 92.3 Å². The fraction of sp³-hybridized carbons (Fsp3) is 0.468. The molecule has 1 aromatic heterocycles. The number of carbonyl (C=O) groups excluding carboxylic acids is 2. The number of carboxylic acids is 2. The highest BCUT2D eigenvalue weighted by molar-refractivity contribution is 5.79. The van der Waals surface area contributed by atoms with Crippen molar-refractivity contribution in [2.24, 2.45) is 39.6 Å². The number of hydrogen-bond acceptors (Lipinski definition) is 14. The van der Waals surface area contributed by atoms with Crippen molar-refractivity contribution in [2.45, 2.75) is 128 Å². The van der Waals surface area contributed by atoms with Crippen LogP contribution in [0.25, 0.3) is 0 Å². The Balaban J connectivity index is 0.000000478. The summed E-state index contributed by atoms with van der Waals surface area (Å²) in [6.45, 7) is 46.5. The number of allylic oxidation sites excluding steroid dienone is 13. The summed E-state index contributed by atoms with van der Waals surface area (Å²) in [5.74, 6) is 0.855. The monoisotopic (exact) mass is 1090 g/mol. The van der Waals surface area contributed by atoms with Gasteiger partial charge >= 0.3 is 23.9 Å². The Labute approximate surface area is 471 Å². The largest absolute Gasteiger partial charge is 0.480 e. The quantitative estimate of drug-likeness (QED) is 0.121. The Bertz CT molecular complexity index is 2560. The molecule has 0 saturated carbocycles. The lowest BCUT2D eigenvalue weighted by Crippen LogP contribution is -2.43. The van der Waals surface area contributed by atoms with E-state index in [1.165, 1.54) is 23.4 Å². The number of nitrogens with one attached hydrogen (secondary N) is 2. The molecule has 6 rings (SSSR count). The van der Waals surface area contributed by atoms with E-state index in [4.69, 9.17) is 14.9 Å². The Kier molecular flexibility index (Phi) is 31.3. The topological polar surface area (TPSA) is 208 Å². The molecule has 0 aromatic carbocycles. The zero-order valence-electron chi connectivity index (χ0n) is 49.7. The third-order valence-electron chi connectivity index (χ3n) is 12.3. The molecule has 1 aromatic rings. The van der Waals surface area contributed by atoms with E-state index in [1.54, 1.807) is 30.3 Å². The lowest BCUT2D eigenvalue weighted by atomic mass is 9.91. The Morgan fingerprint density at radius 2 is 1.27 bits per heavy atom. The number of piperidine rings is 1. The molecule has 4 N–H and O–H groups in total. The summed E-state index contributed by atoms with van der Waals surface area (Å²) in [5, 5.41) is 23.8. The molecule has 0 bridgehead atoms. The molecule has 6 heterocycles. The van der Waals surface area contributed by atoms with Gasteiger partial charge in [0.1, 0.15) is 32.0 Å². The number of methoxy groups -OCH3 is 1. The van der Waals surface area contributed by atoms with Crippen molar-refractivity contribution in [2.75, 3.05) is 33.4 Å². The van der Waals surface area contributed by atoms with Crippen LogP contribution in [0.15, 0.2) is 166 Å². The minimum atomic E-state index is -0.840. The molecule has 1 fully saturated rings. The number of likely N-dealkylation sites (tertiary alicyclic amines) is 1. The number of carbonyl (C=O) groups is 4. The molecule has 5 aliphatic rings. The van der Waals surface area contributed by atoms with Gasteiger partial charge in [0, 0.05) is 82.0 Å². The summed E-state index contributed by atoms with van der Waals surface area (Å²) in [5.41, 5.74) is 8.49. The van der Waals surface area contributed by atoms with E-state index in [0.717, 1.165) is 70.7 Å². The number of aromatic nitrogens is 1. The number of aliphatic carboxylic acids is 2. The summed E-state index contributed by atoms with van der Waals surface area (Å²) in [6, 6.07) is 5.36. The molecular formula is C62H92N8O9. The predicted molar refractivity (Wildman–Crippen MR) is 320 cm³/mol. The van der Waals surface area contributed by atoms with Gasteiger partial charge in [0.05, 0.1) is 13.7 Å². The number of ether oxygens (including phenoxy) is 2. The molecule has 79 heavy (non-hydrogen) atoms. The first-order valence-electron chi connectivity index (χ1n) is 26.9. The Hall–Kier alpha value is -7.69. The smallest absolute Gasteiger partial charge is 0.326 e. The minimum Gasteiger partial charge on any atom is -0.480 e. The first-order valence-corrected chi connectivity index (χ1v) is 26.9. The third-order valence-corrected chi connectivity index (χ3v) is 12.3. The number of esters is 2. The zero-order valence-corrected chi connectivity index (χ0v) is 49.7. The van der Waals surface area contributed by atoms with Crippen LogP contribution in [-0.4, -0.2) is 105 Å². The van der Waals surface area contributed by atoms with E-state index < -0.39 is 11.9 Å². The SMILES string of the molecule is C=C1C=CC=C(C(C)C)N1CC(=O)O.C=C1C=CC=C(C(C)C)N1CC(=O)OC.C=C1C=NC=C(C(C)C)N1.C=C1CCCC(C(C)C)N1CC(=O)O.C=C1N=CC=C(C(C)C)N1.CCOC(=O)Cn1c(C(C)C)cccc1=O. The van der Waals surface area contributed by atoms with Crippen LogP contribution in [0.3, 0.4) is 0 Å². The maximum Gasteiger partial charge on any atom is 0.326 e. The summed E-state index contributed by atoms with van der Waals surface area (Å²) in [6.07, 6.45) is 21.9. The van der Waals surface area contributed by atoms with Crippen LogP contribution in [0.5, 0.6) is 0 Å². The highest BCUT2D eigenvalue weighted by atomic mass is 16.5. The van der Waals surface area contributed by atoms with Crippen LogP contribution < -0.4 is 16.2 Å². The standard InChI is InChI=1S/C12H17NO3.C12H17NO2.C11H19NO2.C11H15NO2.2C8H12N2/c1-4-16-12(15)8-13-10(9(2)3)6-5-7-11(13)14;1-9(2)11-7-5-6-10(3)13(11)8-12(14)15-4;2*1-8(2)10-6-4-5-9(3)12(10)7-11(13)14;1-6(2)8-5-9-4-7(3)10-8;1-6(2)8-4-5-9-7(3)10-8/h5-7,9H,4,8H2,1-3H3;5-7,9H,3,8H2,1-2,4H3;8,10H,3-7H2,1-2H3,(H,13,14);4-6,8H,3,7H2,1-2H3,(H,13,14);2*4-6,10H,3H2,1-2H3. The molecule has 1 unspecified atom stereocenters. The molecule has 1 saturated heterocycles. The van der Waals surface area contributed by atoms with Gasteiger partial charge in [-0.2, -0.15) is 0 Å². The van der Waals surface area contributed by atoms with Crippen molar-refractivity contribution < 1.29 is 38.9 Å². The first kappa shape index (κ1) is 69.3. The number of nitrogens with zero attached hydrogens (tertiary/aromatic N) is 6. The van der Waals surface area contributed by atoms with E-state index in [-0.39, 0.29) is 49.6 Å². The number of pyridine rings is 1. The van der Waals surface area contributed by atoms with Crippen LogP contribution in [0.1, 0.15) is 121 Å². The molecule has 5 aliphatic heterocycles. The minimum absolute atomic E-state index is 0.0129. The second-order valence-electron chi connectivity index (χ2n) is 20.8. The van der Waals surface area contributed by atoms with Gasteiger partial charge in [0.2, 0.25) is 0 Å². The summed E-state index contributed by atoms with van der Waals surface area (Å²) in [7, 11) is 1.39. The van der Waals surface area contributed by atoms with Crippen LogP contribution in [0.4, 0.5) is 0 Å². The highest BCUT2D eigenvalue weighted by Gasteiger charge is 2.28. The second kappa shape index (κ2) is 35.7. The molecule has 0 aliphatic carbocycles. The molecule has 0 spiro atoms. The highest BCUT2D eigenvalue weighted by Crippen LogP contribution is 2.29. The molecule has 17 heteroatoms. The third kappa shape index (κ3) is 25.6. The van der Waals surface area contributed by atoms with Crippen molar-refractivity contribution >= 4 is 36.3 Å². The Morgan fingerprint density at radius 1 is 0.709 bits per heavy atom. The van der Waals surface area contributed by atoms with Gasteiger partial charge in [-0.3, -0.25) is 29.0 Å². The van der Waals surface area contributed by atoms with Gasteiger partial charge in [-0.15, -0.1) is 0 Å². The van der Waals surface area contributed by atoms with Crippen molar-refractivity contribution in [1.29, 1.82) is 0 Å². The van der Waals surface area contributed by atoms with Gasteiger partial charge < -0.3 is 49.6 Å². The Morgan fingerprint density at radius 3 is 1.70 bits per heavy atom. The number of hydrogen-bond donors (Lipinski definition) is 4. The summed E-state index contributed by atoms with van der Waals surface area (Å²) >= 11 is 0. The fourth-order valence-electron chi connectivity index (χ4n) is 8.13. The lowest BCUT2D eigenvalue weighted by Gasteiger charge is -2.40. The number of rotatable bonds is 15. The van der Waals surface area contributed by atoms with Crippen molar-refractivity contribution in [3.63, 3.8) is 0 Å². The van der Waals surface area contributed by atoms with Crippen molar-refractivity contribution in [1.82, 2.24) is 29.9 Å². The van der Waals surface area contributed by atoms with Gasteiger partial charge in [-0.05, 0) is 98.1 Å². The predicted octanol–water partition coefficient (Wildman–Crippen LogP) is 11.1. The molecule has 1 atom stereocenters. The molecule has 0 radical (unpaired) electrons. The van der Waals surface area contributed by atoms with E-state index in [0.29, 0.717) is 42.2 Å². The molecular weight excluding hydrogens is 1000 g/mol. The van der Waals surface area contributed by atoms with Gasteiger partial charge in [0.25, 0.3) is 5.56 Å². The normalized spacial score (nSPS) is 16.3. The molecule has 0 amide bonds. The van der Waals surface area contributed by atoms with E-state index in [2.05, 4.69) is 114 Å². The average molecular weight is 1090 g/mol. The maximum absolute atomic E-state index is 11.6. The van der Waals surface area contributed by atoms with Gasteiger partial charge in [0.15, 0.2) is 0 Å². The van der Waals surface area contributed by atoms with Crippen LogP contribution in [-0.2, 0) is 35.2 Å². The van der Waals surface area contributed by atoms with Crippen LogP contribution >= 0.6 is 0 Å². The number of carboxylic acid groups (broad SMARTS) is 2. The van der Waals surface area contributed by atoms with Crippen molar-refractivity contribution in [3.05, 3.63) is 167 Å². The van der Waals surface area contributed by atoms with Gasteiger partial charge in [-0.1, -0.05) is 134 Å². The van der Waals surface area contributed by atoms with E-state index in [9.17, 15) is 24.0 Å². The van der Waals surface area contributed by atoms with E-state index >= 15 is 0 Å². The molecule has 17 nitrogen and oxygen atoms in total.